The standard InChI is InChI=1S/C22H23ClN4O/c1-14(2)18-9-6-7-15(3)20(18)27-21(28)17-12-25-22(26-13-17)24-11-16-8-4-5-10-19(16)23/h4-10,12-14H,11H2,1-3H3,(H,27,28)(H,24,25,26). The number of amides is 1. The number of carbonyl (C=O) groups is 1. The second-order valence-electron chi connectivity index (χ2n) is 6.89. The van der Waals surface area contributed by atoms with Crippen molar-refractivity contribution in [1.82, 2.24) is 9.97 Å². The van der Waals surface area contributed by atoms with Crippen molar-refractivity contribution in [3.63, 3.8) is 0 Å². The van der Waals surface area contributed by atoms with Gasteiger partial charge in [0.15, 0.2) is 0 Å². The van der Waals surface area contributed by atoms with Crippen molar-refractivity contribution in [2.24, 2.45) is 0 Å². The van der Waals surface area contributed by atoms with Crippen LogP contribution in [0.3, 0.4) is 0 Å². The van der Waals surface area contributed by atoms with Crippen LogP contribution in [0.15, 0.2) is 54.9 Å². The van der Waals surface area contributed by atoms with Crippen LogP contribution in [0.1, 0.15) is 46.8 Å². The number of nitrogens with zero attached hydrogens (tertiary/aromatic N) is 2. The highest BCUT2D eigenvalue weighted by Crippen LogP contribution is 2.27. The van der Waals surface area contributed by atoms with Gasteiger partial charge in [-0.25, -0.2) is 9.97 Å². The van der Waals surface area contributed by atoms with Crippen molar-refractivity contribution in [1.29, 1.82) is 0 Å². The number of hydrogen-bond donors (Lipinski definition) is 2. The van der Waals surface area contributed by atoms with E-state index in [-0.39, 0.29) is 5.91 Å². The van der Waals surface area contributed by atoms with Crippen molar-refractivity contribution in [3.05, 3.63) is 82.1 Å². The van der Waals surface area contributed by atoms with Gasteiger partial charge in [-0.1, -0.05) is 61.8 Å². The van der Waals surface area contributed by atoms with Gasteiger partial charge in [0.05, 0.1) is 5.56 Å². The Labute approximate surface area is 170 Å². The Kier molecular flexibility index (Phi) is 6.26. The Balaban J connectivity index is 1.68. The lowest BCUT2D eigenvalue weighted by Gasteiger charge is -2.16. The van der Waals surface area contributed by atoms with E-state index in [1.807, 2.05) is 49.4 Å². The number of hydrogen-bond acceptors (Lipinski definition) is 4. The summed E-state index contributed by atoms with van der Waals surface area (Å²) in [5.74, 6) is 0.520. The largest absolute Gasteiger partial charge is 0.350 e. The summed E-state index contributed by atoms with van der Waals surface area (Å²) < 4.78 is 0. The Bertz CT molecular complexity index is 971. The summed E-state index contributed by atoms with van der Waals surface area (Å²) >= 11 is 6.15. The third-order valence-corrected chi connectivity index (χ3v) is 4.84. The molecule has 0 bridgehead atoms. The monoisotopic (exact) mass is 394 g/mol. The molecular weight excluding hydrogens is 372 g/mol. The van der Waals surface area contributed by atoms with Gasteiger partial charge in [-0.05, 0) is 35.6 Å². The fraction of sp³-hybridized carbons (Fsp3) is 0.227. The lowest BCUT2D eigenvalue weighted by atomic mass is 9.98. The Morgan fingerprint density at radius 2 is 1.79 bits per heavy atom. The van der Waals surface area contributed by atoms with Gasteiger partial charge in [-0.2, -0.15) is 0 Å². The van der Waals surface area contributed by atoms with Crippen LogP contribution >= 0.6 is 11.6 Å². The van der Waals surface area contributed by atoms with E-state index in [2.05, 4.69) is 34.4 Å². The average Bonchev–Trinajstić information content (AvgIpc) is 2.69. The topological polar surface area (TPSA) is 66.9 Å². The average molecular weight is 395 g/mol. The Morgan fingerprint density at radius 3 is 2.46 bits per heavy atom. The maximum Gasteiger partial charge on any atom is 0.258 e. The molecule has 28 heavy (non-hydrogen) atoms. The van der Waals surface area contributed by atoms with Crippen molar-refractivity contribution in [2.45, 2.75) is 33.2 Å². The van der Waals surface area contributed by atoms with Crippen LogP contribution in [-0.4, -0.2) is 15.9 Å². The number of para-hydroxylation sites is 1. The van der Waals surface area contributed by atoms with E-state index in [0.29, 0.717) is 29.0 Å². The molecule has 144 valence electrons. The molecule has 0 spiro atoms. The lowest BCUT2D eigenvalue weighted by Crippen LogP contribution is -2.16. The molecule has 0 aliphatic rings. The predicted molar refractivity (Wildman–Crippen MR) is 114 cm³/mol. The van der Waals surface area contributed by atoms with Gasteiger partial charge in [0.2, 0.25) is 5.95 Å². The van der Waals surface area contributed by atoms with Gasteiger partial charge >= 0.3 is 0 Å². The minimum Gasteiger partial charge on any atom is -0.350 e. The molecule has 0 radical (unpaired) electrons. The molecule has 0 atom stereocenters. The van der Waals surface area contributed by atoms with E-state index >= 15 is 0 Å². The summed E-state index contributed by atoms with van der Waals surface area (Å²) in [6, 6.07) is 13.6. The van der Waals surface area contributed by atoms with Gasteiger partial charge in [-0.3, -0.25) is 4.79 Å². The fourth-order valence-corrected chi connectivity index (χ4v) is 3.08. The number of anilines is 2. The third-order valence-electron chi connectivity index (χ3n) is 4.47. The first-order valence-electron chi connectivity index (χ1n) is 9.16. The molecule has 0 unspecified atom stereocenters. The summed E-state index contributed by atoms with van der Waals surface area (Å²) in [6.45, 7) is 6.70. The predicted octanol–water partition coefficient (Wildman–Crippen LogP) is 5.43. The molecular formula is C22H23ClN4O. The van der Waals surface area contributed by atoms with Gasteiger partial charge in [-0.15, -0.1) is 0 Å². The molecule has 3 rings (SSSR count). The first-order valence-corrected chi connectivity index (χ1v) is 9.53. The number of rotatable bonds is 6. The number of halogens is 1. The summed E-state index contributed by atoms with van der Waals surface area (Å²) in [4.78, 5) is 21.1. The summed E-state index contributed by atoms with van der Waals surface area (Å²) in [7, 11) is 0. The Morgan fingerprint density at radius 1 is 1.07 bits per heavy atom. The van der Waals surface area contributed by atoms with Crippen molar-refractivity contribution in [3.8, 4) is 0 Å². The van der Waals surface area contributed by atoms with Gasteiger partial charge < -0.3 is 10.6 Å². The van der Waals surface area contributed by atoms with E-state index in [0.717, 1.165) is 22.4 Å². The number of aromatic nitrogens is 2. The van der Waals surface area contributed by atoms with Gasteiger partial charge in [0, 0.05) is 29.6 Å². The summed E-state index contributed by atoms with van der Waals surface area (Å²) in [6.07, 6.45) is 3.04. The van der Waals surface area contributed by atoms with Crippen molar-refractivity contribution >= 4 is 29.1 Å². The molecule has 2 aromatic carbocycles. The number of nitrogens with one attached hydrogen (secondary N) is 2. The minimum absolute atomic E-state index is 0.228. The molecule has 0 saturated carbocycles. The minimum atomic E-state index is -0.228. The highest BCUT2D eigenvalue weighted by Gasteiger charge is 2.14. The van der Waals surface area contributed by atoms with Crippen LogP contribution < -0.4 is 10.6 Å². The SMILES string of the molecule is Cc1cccc(C(C)C)c1NC(=O)c1cnc(NCc2ccccc2Cl)nc1. The van der Waals surface area contributed by atoms with E-state index in [9.17, 15) is 4.79 Å². The molecule has 1 heterocycles. The molecule has 5 nitrogen and oxygen atoms in total. The molecule has 0 aliphatic carbocycles. The molecule has 1 aromatic heterocycles. The highest BCUT2D eigenvalue weighted by atomic mass is 35.5. The summed E-state index contributed by atoms with van der Waals surface area (Å²) in [5.41, 5.74) is 4.34. The molecule has 0 fully saturated rings. The van der Waals surface area contributed by atoms with Crippen molar-refractivity contribution in [2.75, 3.05) is 10.6 Å². The number of benzene rings is 2. The fourth-order valence-electron chi connectivity index (χ4n) is 2.88. The molecule has 3 aromatic rings. The maximum atomic E-state index is 12.6. The normalized spacial score (nSPS) is 10.8. The van der Waals surface area contributed by atoms with Crippen LogP contribution in [-0.2, 0) is 6.54 Å². The number of carbonyl (C=O) groups excluding carboxylic acids is 1. The van der Waals surface area contributed by atoms with E-state index in [1.165, 1.54) is 12.4 Å². The van der Waals surface area contributed by atoms with Crippen LogP contribution in [0.2, 0.25) is 5.02 Å². The highest BCUT2D eigenvalue weighted by molar-refractivity contribution is 6.31. The van der Waals surface area contributed by atoms with Crippen LogP contribution in [0, 0.1) is 6.92 Å². The van der Waals surface area contributed by atoms with Gasteiger partial charge in [0.25, 0.3) is 5.91 Å². The molecule has 0 saturated heterocycles. The van der Waals surface area contributed by atoms with Crippen LogP contribution in [0.25, 0.3) is 0 Å². The second kappa shape index (κ2) is 8.85. The zero-order valence-electron chi connectivity index (χ0n) is 16.2. The van der Waals surface area contributed by atoms with Crippen LogP contribution in [0.5, 0.6) is 0 Å². The van der Waals surface area contributed by atoms with E-state index in [4.69, 9.17) is 11.6 Å². The molecule has 6 heteroatoms. The van der Waals surface area contributed by atoms with Crippen molar-refractivity contribution < 1.29 is 4.79 Å². The molecule has 1 amide bonds. The lowest BCUT2D eigenvalue weighted by molar-refractivity contribution is 0.102. The van der Waals surface area contributed by atoms with Crippen LogP contribution in [0.4, 0.5) is 11.6 Å². The smallest absolute Gasteiger partial charge is 0.258 e. The first kappa shape index (κ1) is 19.8. The number of aryl methyl sites for hydroxylation is 1. The quantitative estimate of drug-likeness (QED) is 0.585. The third kappa shape index (κ3) is 4.67. The molecule has 0 aliphatic heterocycles. The van der Waals surface area contributed by atoms with E-state index in [1.54, 1.807) is 0 Å². The zero-order chi connectivity index (χ0) is 20.1. The van der Waals surface area contributed by atoms with E-state index < -0.39 is 0 Å². The maximum absolute atomic E-state index is 12.6. The summed E-state index contributed by atoms with van der Waals surface area (Å²) in [5, 5.41) is 6.80. The Hall–Kier alpha value is -2.92. The molecule has 2 N–H and O–H groups in total. The van der Waals surface area contributed by atoms with Gasteiger partial charge in [0.1, 0.15) is 0 Å². The first-order chi connectivity index (χ1) is 13.5. The zero-order valence-corrected chi connectivity index (χ0v) is 16.9. The second-order valence-corrected chi connectivity index (χ2v) is 7.30.